The summed E-state index contributed by atoms with van der Waals surface area (Å²) in [5.74, 6) is -1.76. The Morgan fingerprint density at radius 1 is 0.950 bits per heavy atom. The third kappa shape index (κ3) is 7.69. The second-order valence-electron chi connectivity index (χ2n) is 3.78. The van der Waals surface area contributed by atoms with Gasteiger partial charge in [0.25, 0.3) is 0 Å². The van der Waals surface area contributed by atoms with Crippen molar-refractivity contribution in [3.63, 3.8) is 0 Å². The van der Waals surface area contributed by atoms with Crippen molar-refractivity contribution >= 4 is 12.0 Å². The Labute approximate surface area is 109 Å². The van der Waals surface area contributed by atoms with Crippen LogP contribution >= 0.6 is 0 Å². The standard InChI is InChI=1S/C9H12F6N2O3/c1-2-16(4-8(10,11)12)7(20)17(3-6(18)19)5-9(13,14)15/h2-5H2,1H3,(H,18,19). The predicted molar refractivity (Wildman–Crippen MR) is 54.0 cm³/mol. The molecule has 2 amide bonds. The summed E-state index contributed by atoms with van der Waals surface area (Å²) in [6.45, 7) is -4.40. The third-order valence-electron chi connectivity index (χ3n) is 1.99. The minimum absolute atomic E-state index is 0.0919. The molecule has 1 N–H and O–H groups in total. The van der Waals surface area contributed by atoms with Gasteiger partial charge >= 0.3 is 24.4 Å². The first kappa shape index (κ1) is 18.3. The number of carboxylic acids is 1. The number of halogens is 6. The molecule has 118 valence electrons. The highest BCUT2D eigenvalue weighted by Gasteiger charge is 2.38. The summed E-state index contributed by atoms with van der Waals surface area (Å²) >= 11 is 0. The topological polar surface area (TPSA) is 60.9 Å². The Morgan fingerprint density at radius 3 is 1.65 bits per heavy atom. The zero-order valence-electron chi connectivity index (χ0n) is 10.3. The van der Waals surface area contributed by atoms with E-state index in [0.717, 1.165) is 6.92 Å². The van der Waals surface area contributed by atoms with Gasteiger partial charge in [0.15, 0.2) is 0 Å². The number of nitrogens with zero attached hydrogens (tertiary/aromatic N) is 2. The molecule has 11 heteroatoms. The summed E-state index contributed by atoms with van der Waals surface area (Å²) in [5.41, 5.74) is 0. The Kier molecular flexibility index (Phi) is 6.10. The van der Waals surface area contributed by atoms with Crippen LogP contribution in [0, 0.1) is 0 Å². The van der Waals surface area contributed by atoms with Crippen LogP contribution in [-0.2, 0) is 4.79 Å². The summed E-state index contributed by atoms with van der Waals surface area (Å²) in [7, 11) is 0. The fourth-order valence-electron chi connectivity index (χ4n) is 1.30. The van der Waals surface area contributed by atoms with Crippen molar-refractivity contribution in [3.05, 3.63) is 0 Å². The Bertz CT molecular complexity index is 355. The molecule has 0 bridgehead atoms. The molecule has 0 atom stereocenters. The number of hydrogen-bond donors (Lipinski definition) is 1. The molecule has 0 aliphatic carbocycles. The number of alkyl halides is 6. The molecular formula is C9H12F6N2O3. The van der Waals surface area contributed by atoms with E-state index in [2.05, 4.69) is 0 Å². The van der Waals surface area contributed by atoms with Gasteiger partial charge in [-0.05, 0) is 6.92 Å². The smallest absolute Gasteiger partial charge is 0.406 e. The summed E-state index contributed by atoms with van der Waals surface area (Å²) in [4.78, 5) is 21.8. The van der Waals surface area contributed by atoms with Crippen LogP contribution in [0.5, 0.6) is 0 Å². The van der Waals surface area contributed by atoms with Crippen LogP contribution < -0.4 is 0 Å². The lowest BCUT2D eigenvalue weighted by Crippen LogP contribution is -2.51. The molecule has 5 nitrogen and oxygen atoms in total. The van der Waals surface area contributed by atoms with Crippen molar-refractivity contribution in [2.75, 3.05) is 26.2 Å². The Balaban J connectivity index is 5.03. The van der Waals surface area contributed by atoms with Crippen LogP contribution in [-0.4, -0.2) is 65.4 Å². The van der Waals surface area contributed by atoms with Crippen molar-refractivity contribution in [1.82, 2.24) is 9.80 Å². The molecule has 0 saturated heterocycles. The number of carbonyl (C=O) groups is 2. The van der Waals surface area contributed by atoms with E-state index in [-0.39, 0.29) is 9.80 Å². The largest absolute Gasteiger partial charge is 0.480 e. The zero-order chi connectivity index (χ0) is 16.1. The number of amides is 2. The first-order valence-corrected chi connectivity index (χ1v) is 5.25. The van der Waals surface area contributed by atoms with Gasteiger partial charge in [0.05, 0.1) is 0 Å². The van der Waals surface area contributed by atoms with Crippen LogP contribution in [0.15, 0.2) is 0 Å². The number of urea groups is 1. The molecule has 0 aliphatic heterocycles. The molecule has 0 aromatic heterocycles. The number of carboxylic acid groups (broad SMARTS) is 1. The molecule has 0 fully saturated rings. The molecule has 0 saturated carbocycles. The fourth-order valence-corrected chi connectivity index (χ4v) is 1.30. The highest BCUT2D eigenvalue weighted by molar-refractivity contribution is 5.80. The average Bonchev–Trinajstić information content (AvgIpc) is 2.20. The van der Waals surface area contributed by atoms with E-state index >= 15 is 0 Å². The molecule has 20 heavy (non-hydrogen) atoms. The second-order valence-corrected chi connectivity index (χ2v) is 3.78. The van der Waals surface area contributed by atoms with Crippen LogP contribution in [0.1, 0.15) is 6.92 Å². The Morgan fingerprint density at radius 2 is 1.35 bits per heavy atom. The van der Waals surface area contributed by atoms with Gasteiger partial charge in [0, 0.05) is 6.54 Å². The lowest BCUT2D eigenvalue weighted by molar-refractivity contribution is -0.153. The summed E-state index contributed by atoms with van der Waals surface area (Å²) in [6.07, 6.45) is -9.71. The lowest BCUT2D eigenvalue weighted by atomic mass is 10.4. The SMILES string of the molecule is CCN(CC(F)(F)F)C(=O)N(CC(=O)O)CC(F)(F)F. The van der Waals surface area contributed by atoms with Crippen LogP contribution in [0.3, 0.4) is 0 Å². The summed E-state index contributed by atoms with van der Waals surface area (Å²) in [5, 5.41) is 8.41. The summed E-state index contributed by atoms with van der Waals surface area (Å²) < 4.78 is 73.1. The molecular weight excluding hydrogens is 298 g/mol. The number of aliphatic carboxylic acids is 1. The average molecular weight is 310 g/mol. The predicted octanol–water partition coefficient (Wildman–Crippen LogP) is 1.94. The van der Waals surface area contributed by atoms with Gasteiger partial charge in [-0.25, -0.2) is 4.79 Å². The molecule has 0 heterocycles. The van der Waals surface area contributed by atoms with E-state index in [1.165, 1.54) is 0 Å². The van der Waals surface area contributed by atoms with Gasteiger partial charge < -0.3 is 14.9 Å². The number of rotatable bonds is 5. The highest BCUT2D eigenvalue weighted by Crippen LogP contribution is 2.20. The molecule has 0 rings (SSSR count). The number of hydrogen-bond acceptors (Lipinski definition) is 2. The van der Waals surface area contributed by atoms with Gasteiger partial charge in [-0.2, -0.15) is 26.3 Å². The number of carbonyl (C=O) groups excluding carboxylic acids is 1. The van der Waals surface area contributed by atoms with E-state index < -0.39 is 50.5 Å². The van der Waals surface area contributed by atoms with Gasteiger partial charge in [0.2, 0.25) is 0 Å². The van der Waals surface area contributed by atoms with Crippen molar-refractivity contribution in [2.24, 2.45) is 0 Å². The minimum atomic E-state index is -4.91. The minimum Gasteiger partial charge on any atom is -0.480 e. The summed E-state index contributed by atoms with van der Waals surface area (Å²) in [6, 6.07) is -1.63. The molecule has 0 unspecified atom stereocenters. The molecule has 0 aromatic rings. The first-order chi connectivity index (χ1) is 8.85. The van der Waals surface area contributed by atoms with E-state index in [4.69, 9.17) is 5.11 Å². The fraction of sp³-hybridized carbons (Fsp3) is 0.778. The van der Waals surface area contributed by atoms with Gasteiger partial charge in [-0.1, -0.05) is 0 Å². The highest BCUT2D eigenvalue weighted by atomic mass is 19.4. The van der Waals surface area contributed by atoms with Crippen molar-refractivity contribution in [2.45, 2.75) is 19.3 Å². The van der Waals surface area contributed by atoms with E-state index in [1.807, 2.05) is 0 Å². The monoisotopic (exact) mass is 310 g/mol. The lowest BCUT2D eigenvalue weighted by Gasteiger charge is -2.30. The maximum Gasteiger partial charge on any atom is 0.406 e. The third-order valence-corrected chi connectivity index (χ3v) is 1.99. The van der Waals surface area contributed by atoms with Gasteiger partial charge in [-0.15, -0.1) is 0 Å². The van der Waals surface area contributed by atoms with Crippen molar-refractivity contribution in [1.29, 1.82) is 0 Å². The Hall–Kier alpha value is -1.68. The zero-order valence-corrected chi connectivity index (χ0v) is 10.3. The normalized spacial score (nSPS) is 12.2. The van der Waals surface area contributed by atoms with E-state index in [1.54, 1.807) is 0 Å². The van der Waals surface area contributed by atoms with Crippen molar-refractivity contribution < 1.29 is 41.0 Å². The second kappa shape index (κ2) is 6.66. The van der Waals surface area contributed by atoms with Crippen molar-refractivity contribution in [3.8, 4) is 0 Å². The van der Waals surface area contributed by atoms with Crippen LogP contribution in [0.2, 0.25) is 0 Å². The van der Waals surface area contributed by atoms with Gasteiger partial charge in [-0.3, -0.25) is 4.79 Å². The first-order valence-electron chi connectivity index (χ1n) is 5.25. The molecule has 0 spiro atoms. The quantitative estimate of drug-likeness (QED) is 0.790. The van der Waals surface area contributed by atoms with E-state index in [9.17, 15) is 35.9 Å². The maximum atomic E-state index is 12.2. The molecule has 0 aromatic carbocycles. The van der Waals surface area contributed by atoms with Crippen LogP contribution in [0.25, 0.3) is 0 Å². The van der Waals surface area contributed by atoms with E-state index in [0.29, 0.717) is 0 Å². The molecule has 0 aliphatic rings. The van der Waals surface area contributed by atoms with Crippen LogP contribution in [0.4, 0.5) is 31.1 Å². The maximum absolute atomic E-state index is 12.2. The van der Waals surface area contributed by atoms with Gasteiger partial charge in [0.1, 0.15) is 19.6 Å². The molecule has 0 radical (unpaired) electrons.